The number of para-hydroxylation sites is 1. The minimum absolute atomic E-state index is 0.0393. The van der Waals surface area contributed by atoms with Crippen LogP contribution in [0.2, 0.25) is 0 Å². The zero-order chi connectivity index (χ0) is 16.7. The van der Waals surface area contributed by atoms with Crippen molar-refractivity contribution in [2.24, 2.45) is 0 Å². The lowest BCUT2D eigenvalue weighted by Gasteiger charge is -2.48. The molecule has 2 aromatic carbocycles. The third-order valence-electron chi connectivity index (χ3n) is 5.98. The van der Waals surface area contributed by atoms with Gasteiger partial charge in [0.2, 0.25) is 0 Å². The first-order chi connectivity index (χ1) is 12.3. The van der Waals surface area contributed by atoms with Gasteiger partial charge in [-0.05, 0) is 42.0 Å². The number of nitrogens with zero attached hydrogens (tertiary/aromatic N) is 1. The number of hydrogen-bond acceptors (Lipinski definition) is 3. The lowest BCUT2D eigenvalue weighted by atomic mass is 9.88. The number of aryl methyl sites for hydroxylation is 1. The highest BCUT2D eigenvalue weighted by atomic mass is 16.6. The number of likely N-dealkylation sites (tertiary alicyclic amines) is 1. The van der Waals surface area contributed by atoms with Crippen LogP contribution in [0.25, 0.3) is 0 Å². The summed E-state index contributed by atoms with van der Waals surface area (Å²) in [5, 5.41) is 0. The summed E-state index contributed by atoms with van der Waals surface area (Å²) in [7, 11) is 0. The van der Waals surface area contributed by atoms with E-state index in [0.717, 1.165) is 31.9 Å². The molecule has 3 nitrogen and oxygen atoms in total. The highest BCUT2D eigenvalue weighted by Crippen LogP contribution is 2.40. The Morgan fingerprint density at radius 3 is 2.72 bits per heavy atom. The van der Waals surface area contributed by atoms with Crippen LogP contribution in [0.3, 0.4) is 0 Å². The van der Waals surface area contributed by atoms with E-state index < -0.39 is 0 Å². The standard InChI is InChI=1S/C22H25NO2/c1-2-7-19(8-3-1)25-20-12-22(24-14-20)15-23(16-22)13-18-11-10-17-6-4-5-9-21(17)18/h1-9,18,20H,10-16H2/t18-,20-/m1/s1. The van der Waals surface area contributed by atoms with Crippen LogP contribution in [0.5, 0.6) is 5.75 Å². The van der Waals surface area contributed by atoms with E-state index in [1.54, 1.807) is 11.1 Å². The van der Waals surface area contributed by atoms with Gasteiger partial charge in [0.05, 0.1) is 12.2 Å². The summed E-state index contributed by atoms with van der Waals surface area (Å²) in [6.07, 6.45) is 3.74. The Morgan fingerprint density at radius 1 is 1.04 bits per heavy atom. The smallest absolute Gasteiger partial charge is 0.125 e. The molecule has 0 unspecified atom stereocenters. The Balaban J connectivity index is 1.15. The number of fused-ring (bicyclic) bond motifs is 1. The lowest BCUT2D eigenvalue weighted by molar-refractivity contribution is -0.112. The normalized spacial score (nSPS) is 27.2. The Hall–Kier alpha value is -1.84. The minimum Gasteiger partial charge on any atom is -0.488 e. The fourth-order valence-corrected chi connectivity index (χ4v) is 4.83. The third-order valence-corrected chi connectivity index (χ3v) is 5.98. The molecule has 3 heteroatoms. The van der Waals surface area contributed by atoms with Gasteiger partial charge in [0.1, 0.15) is 11.9 Å². The molecule has 0 bridgehead atoms. The van der Waals surface area contributed by atoms with Crippen LogP contribution in [-0.2, 0) is 11.2 Å². The molecule has 0 saturated carbocycles. The van der Waals surface area contributed by atoms with Gasteiger partial charge in [-0.25, -0.2) is 0 Å². The van der Waals surface area contributed by atoms with Crippen LogP contribution in [0, 0.1) is 0 Å². The van der Waals surface area contributed by atoms with Crippen LogP contribution in [0.15, 0.2) is 54.6 Å². The molecule has 25 heavy (non-hydrogen) atoms. The summed E-state index contributed by atoms with van der Waals surface area (Å²) < 4.78 is 12.2. The molecule has 2 aliphatic heterocycles. The van der Waals surface area contributed by atoms with Gasteiger partial charge in [-0.1, -0.05) is 42.5 Å². The predicted octanol–water partition coefficient (Wildman–Crippen LogP) is 3.64. The molecule has 1 aliphatic carbocycles. The minimum atomic E-state index is 0.0393. The van der Waals surface area contributed by atoms with Gasteiger partial charge in [0.15, 0.2) is 0 Å². The van der Waals surface area contributed by atoms with E-state index in [-0.39, 0.29) is 11.7 Å². The van der Waals surface area contributed by atoms with Crippen molar-refractivity contribution in [3.8, 4) is 5.75 Å². The molecular formula is C22H25NO2. The molecule has 0 radical (unpaired) electrons. The molecule has 5 rings (SSSR count). The maximum atomic E-state index is 6.16. The van der Waals surface area contributed by atoms with E-state index in [4.69, 9.17) is 9.47 Å². The molecular weight excluding hydrogens is 310 g/mol. The van der Waals surface area contributed by atoms with Crippen LogP contribution >= 0.6 is 0 Å². The van der Waals surface area contributed by atoms with Gasteiger partial charge in [-0.15, -0.1) is 0 Å². The molecule has 1 spiro atoms. The molecule has 3 aliphatic rings. The summed E-state index contributed by atoms with van der Waals surface area (Å²) in [5.74, 6) is 1.65. The predicted molar refractivity (Wildman–Crippen MR) is 98.1 cm³/mol. The zero-order valence-electron chi connectivity index (χ0n) is 14.6. The molecule has 2 fully saturated rings. The molecule has 130 valence electrons. The third kappa shape index (κ3) is 2.96. The van der Waals surface area contributed by atoms with Gasteiger partial charge in [-0.2, -0.15) is 0 Å². The monoisotopic (exact) mass is 335 g/mol. The summed E-state index contributed by atoms with van der Waals surface area (Å²) >= 11 is 0. The van der Waals surface area contributed by atoms with E-state index in [2.05, 4.69) is 29.2 Å². The summed E-state index contributed by atoms with van der Waals surface area (Å²) in [5.41, 5.74) is 3.16. The van der Waals surface area contributed by atoms with Crippen molar-refractivity contribution in [1.29, 1.82) is 0 Å². The molecule has 0 aromatic heterocycles. The highest BCUT2D eigenvalue weighted by molar-refractivity contribution is 5.35. The number of hydrogen-bond donors (Lipinski definition) is 0. The maximum absolute atomic E-state index is 6.16. The molecule has 0 N–H and O–H groups in total. The maximum Gasteiger partial charge on any atom is 0.125 e. The van der Waals surface area contributed by atoms with Crippen molar-refractivity contribution >= 4 is 0 Å². The van der Waals surface area contributed by atoms with Gasteiger partial charge >= 0.3 is 0 Å². The van der Waals surface area contributed by atoms with E-state index >= 15 is 0 Å². The number of rotatable bonds is 4. The number of benzene rings is 2. The summed E-state index contributed by atoms with van der Waals surface area (Å²) in [6, 6.07) is 19.1. The van der Waals surface area contributed by atoms with E-state index in [1.165, 1.54) is 19.4 Å². The van der Waals surface area contributed by atoms with E-state index in [0.29, 0.717) is 5.92 Å². The topological polar surface area (TPSA) is 21.7 Å². The zero-order valence-corrected chi connectivity index (χ0v) is 14.6. The van der Waals surface area contributed by atoms with Crippen molar-refractivity contribution in [2.45, 2.75) is 36.9 Å². The van der Waals surface area contributed by atoms with Crippen molar-refractivity contribution in [2.75, 3.05) is 26.2 Å². The molecule has 0 amide bonds. The average molecular weight is 335 g/mol. The van der Waals surface area contributed by atoms with Crippen molar-refractivity contribution in [1.82, 2.24) is 4.90 Å². The fraction of sp³-hybridized carbons (Fsp3) is 0.455. The quantitative estimate of drug-likeness (QED) is 0.851. The molecule has 2 heterocycles. The van der Waals surface area contributed by atoms with Gasteiger partial charge in [0.25, 0.3) is 0 Å². The largest absolute Gasteiger partial charge is 0.488 e. The number of ether oxygens (including phenoxy) is 2. The van der Waals surface area contributed by atoms with Crippen LogP contribution in [0.4, 0.5) is 0 Å². The fourth-order valence-electron chi connectivity index (χ4n) is 4.83. The first kappa shape index (κ1) is 15.4. The Kier molecular flexibility index (Phi) is 3.79. The van der Waals surface area contributed by atoms with Crippen LogP contribution in [-0.4, -0.2) is 42.8 Å². The van der Waals surface area contributed by atoms with E-state index in [1.807, 2.05) is 30.3 Å². The van der Waals surface area contributed by atoms with Crippen molar-refractivity contribution in [3.63, 3.8) is 0 Å². The Morgan fingerprint density at radius 2 is 1.84 bits per heavy atom. The van der Waals surface area contributed by atoms with Crippen molar-refractivity contribution < 1.29 is 9.47 Å². The molecule has 2 aromatic rings. The first-order valence-corrected chi connectivity index (χ1v) is 9.46. The Labute approximate surface area is 149 Å². The molecule has 2 atom stereocenters. The molecule has 2 saturated heterocycles. The summed E-state index contributed by atoms with van der Waals surface area (Å²) in [6.45, 7) is 4.00. The summed E-state index contributed by atoms with van der Waals surface area (Å²) in [4.78, 5) is 2.57. The van der Waals surface area contributed by atoms with Crippen molar-refractivity contribution in [3.05, 3.63) is 65.7 Å². The average Bonchev–Trinajstić information content (AvgIpc) is 3.21. The second-order valence-electron chi connectivity index (χ2n) is 7.86. The first-order valence-electron chi connectivity index (χ1n) is 9.46. The van der Waals surface area contributed by atoms with Gasteiger partial charge in [0, 0.05) is 26.1 Å². The lowest BCUT2D eigenvalue weighted by Crippen LogP contribution is -2.62. The van der Waals surface area contributed by atoms with Crippen LogP contribution in [0.1, 0.15) is 29.9 Å². The van der Waals surface area contributed by atoms with E-state index in [9.17, 15) is 0 Å². The van der Waals surface area contributed by atoms with Crippen LogP contribution < -0.4 is 4.74 Å². The van der Waals surface area contributed by atoms with Gasteiger partial charge in [-0.3, -0.25) is 4.90 Å². The second-order valence-corrected chi connectivity index (χ2v) is 7.86. The van der Waals surface area contributed by atoms with Gasteiger partial charge < -0.3 is 9.47 Å². The highest BCUT2D eigenvalue weighted by Gasteiger charge is 2.50. The Bertz CT molecular complexity index is 739. The SMILES string of the molecule is c1ccc(O[C@H]2COC3(C2)CN(C[C@H]2CCc4ccccc42)C3)cc1. The second kappa shape index (κ2) is 6.15.